The molecule has 0 saturated carbocycles. The molecule has 2 aromatic heterocycles. The maximum Gasteiger partial charge on any atom is 0.281 e. The Morgan fingerprint density at radius 3 is 2.78 bits per heavy atom. The van der Waals surface area contributed by atoms with Gasteiger partial charge in [0.25, 0.3) is 5.91 Å². The third-order valence-electron chi connectivity index (χ3n) is 3.21. The van der Waals surface area contributed by atoms with Crippen molar-refractivity contribution in [2.24, 2.45) is 5.10 Å². The monoisotopic (exact) mass is 329 g/mol. The average Bonchev–Trinajstić information content (AvgIpc) is 2.88. The number of aromatic nitrogens is 2. The number of carbonyl (C=O) groups is 1. The number of nitrogens with zero attached hydrogens (tertiary/aromatic N) is 3. The smallest absolute Gasteiger partial charge is 0.281 e. The first-order chi connectivity index (χ1) is 11.1. The Morgan fingerprint density at radius 2 is 2.09 bits per heavy atom. The normalized spacial score (nSPS) is 11.2. The van der Waals surface area contributed by atoms with Crippen molar-refractivity contribution in [1.29, 1.82) is 0 Å². The van der Waals surface area contributed by atoms with Crippen molar-refractivity contribution >= 4 is 39.5 Å². The van der Waals surface area contributed by atoms with E-state index in [0.29, 0.717) is 26.5 Å². The molecule has 0 aliphatic heterocycles. The van der Waals surface area contributed by atoms with Gasteiger partial charge in [-0.25, -0.2) is 19.8 Å². The van der Waals surface area contributed by atoms with Crippen LogP contribution in [0.4, 0.5) is 10.2 Å². The summed E-state index contributed by atoms with van der Waals surface area (Å²) in [6.07, 6.45) is 2.80. The van der Waals surface area contributed by atoms with Gasteiger partial charge in [-0.3, -0.25) is 4.79 Å². The molecule has 0 radical (unpaired) electrons. The molecule has 8 heteroatoms. The summed E-state index contributed by atoms with van der Waals surface area (Å²) in [7, 11) is 0. The summed E-state index contributed by atoms with van der Waals surface area (Å²) in [6, 6.07) is 5.76. The van der Waals surface area contributed by atoms with Crippen molar-refractivity contribution in [2.45, 2.75) is 6.92 Å². The Balaban J connectivity index is 1.80. The molecule has 116 valence electrons. The molecular formula is C15H12FN5OS. The Labute approximate surface area is 134 Å². The van der Waals surface area contributed by atoms with Crippen molar-refractivity contribution in [3.8, 4) is 0 Å². The van der Waals surface area contributed by atoms with E-state index in [1.54, 1.807) is 19.1 Å². The first kappa shape index (κ1) is 15.0. The van der Waals surface area contributed by atoms with E-state index in [1.165, 1.54) is 36.0 Å². The second kappa shape index (κ2) is 6.09. The molecule has 0 spiro atoms. The lowest BCUT2D eigenvalue weighted by atomic mass is 10.2. The predicted molar refractivity (Wildman–Crippen MR) is 88.0 cm³/mol. The van der Waals surface area contributed by atoms with Crippen LogP contribution >= 0.6 is 11.3 Å². The summed E-state index contributed by atoms with van der Waals surface area (Å²) >= 11 is 1.23. The minimum atomic E-state index is -0.358. The first-order valence-electron chi connectivity index (χ1n) is 6.65. The van der Waals surface area contributed by atoms with Gasteiger partial charge >= 0.3 is 0 Å². The van der Waals surface area contributed by atoms with Crippen molar-refractivity contribution < 1.29 is 9.18 Å². The van der Waals surface area contributed by atoms with E-state index >= 15 is 0 Å². The molecule has 2 heterocycles. The molecule has 0 saturated heterocycles. The Hall–Kier alpha value is -2.87. The molecule has 3 N–H and O–H groups in total. The van der Waals surface area contributed by atoms with Crippen LogP contribution in [0.15, 0.2) is 35.7 Å². The number of amides is 1. The minimum absolute atomic E-state index is 0.328. The number of fused-ring (bicyclic) bond motifs is 1. The number of benzene rings is 1. The average molecular weight is 329 g/mol. The summed E-state index contributed by atoms with van der Waals surface area (Å²) in [6.45, 7) is 1.79. The molecule has 6 nitrogen and oxygen atoms in total. The first-order valence-corrected chi connectivity index (χ1v) is 7.46. The highest BCUT2D eigenvalue weighted by Gasteiger charge is 2.17. The SMILES string of the molecule is Cc1c(C(=O)N/N=C\c2ccc(F)cc2)sc2ncnc(N)c12. The van der Waals surface area contributed by atoms with Gasteiger partial charge in [-0.05, 0) is 30.2 Å². The second-order valence-corrected chi connectivity index (χ2v) is 5.74. The third-order valence-corrected chi connectivity index (χ3v) is 4.41. The summed E-state index contributed by atoms with van der Waals surface area (Å²) < 4.78 is 12.8. The lowest BCUT2D eigenvalue weighted by Crippen LogP contribution is -2.17. The molecule has 3 rings (SSSR count). The Kier molecular flexibility index (Phi) is 3.98. The number of anilines is 1. The van der Waals surface area contributed by atoms with Crippen LogP contribution in [0.1, 0.15) is 20.8 Å². The van der Waals surface area contributed by atoms with Gasteiger partial charge in [0.1, 0.15) is 22.8 Å². The molecule has 0 atom stereocenters. The molecule has 0 aliphatic rings. The largest absolute Gasteiger partial charge is 0.383 e. The van der Waals surface area contributed by atoms with Crippen LogP contribution in [0, 0.1) is 12.7 Å². The van der Waals surface area contributed by atoms with Crippen LogP contribution in [0.2, 0.25) is 0 Å². The predicted octanol–water partition coefficient (Wildman–Crippen LogP) is 2.48. The molecular weight excluding hydrogens is 317 g/mol. The fourth-order valence-electron chi connectivity index (χ4n) is 2.08. The van der Waals surface area contributed by atoms with Gasteiger partial charge in [-0.2, -0.15) is 5.10 Å². The van der Waals surface area contributed by atoms with Gasteiger partial charge in [0.15, 0.2) is 0 Å². The number of aryl methyl sites for hydroxylation is 1. The zero-order chi connectivity index (χ0) is 16.4. The molecule has 23 heavy (non-hydrogen) atoms. The number of nitrogens with two attached hydrogens (primary N) is 1. The molecule has 0 fully saturated rings. The minimum Gasteiger partial charge on any atom is -0.383 e. The zero-order valence-corrected chi connectivity index (χ0v) is 12.9. The fourth-order valence-corrected chi connectivity index (χ4v) is 3.13. The number of hydrogen-bond acceptors (Lipinski definition) is 6. The van der Waals surface area contributed by atoms with E-state index in [1.807, 2.05) is 0 Å². The molecule has 3 aromatic rings. The maximum atomic E-state index is 12.8. The molecule has 0 aliphatic carbocycles. The van der Waals surface area contributed by atoms with Crippen molar-refractivity contribution in [2.75, 3.05) is 5.73 Å². The highest BCUT2D eigenvalue weighted by molar-refractivity contribution is 7.20. The van der Waals surface area contributed by atoms with E-state index in [-0.39, 0.29) is 11.7 Å². The summed E-state index contributed by atoms with van der Waals surface area (Å²) in [5.41, 5.74) is 9.66. The van der Waals surface area contributed by atoms with Crippen LogP contribution in [0.3, 0.4) is 0 Å². The third kappa shape index (κ3) is 3.02. The standard InChI is InChI=1S/C15H12FN5OS/c1-8-11-13(17)18-7-19-15(11)23-12(8)14(22)21-20-6-9-2-4-10(16)5-3-9/h2-7H,1H3,(H,21,22)(H2,17,18,19)/b20-6-. The summed E-state index contributed by atoms with van der Waals surface area (Å²) in [4.78, 5) is 21.4. The van der Waals surface area contributed by atoms with Crippen LogP contribution in [-0.2, 0) is 0 Å². The lowest BCUT2D eigenvalue weighted by Gasteiger charge is -1.99. The van der Waals surface area contributed by atoms with Gasteiger partial charge in [0, 0.05) is 0 Å². The highest BCUT2D eigenvalue weighted by atomic mass is 32.1. The Bertz CT molecular complexity index is 904. The summed E-state index contributed by atoms with van der Waals surface area (Å²) in [5, 5.41) is 4.56. The second-order valence-electron chi connectivity index (χ2n) is 4.75. The maximum absolute atomic E-state index is 12.8. The number of thiophene rings is 1. The van der Waals surface area contributed by atoms with Crippen LogP contribution < -0.4 is 11.2 Å². The van der Waals surface area contributed by atoms with Crippen molar-refractivity contribution in [3.05, 3.63) is 52.4 Å². The number of nitrogen functional groups attached to an aromatic ring is 1. The number of halogens is 1. The molecule has 0 bridgehead atoms. The molecule has 0 unspecified atom stereocenters. The van der Waals surface area contributed by atoms with Crippen LogP contribution in [0.25, 0.3) is 10.2 Å². The van der Waals surface area contributed by atoms with E-state index in [0.717, 1.165) is 5.56 Å². The molecule has 1 amide bonds. The Morgan fingerprint density at radius 1 is 1.35 bits per heavy atom. The number of carbonyl (C=O) groups excluding carboxylic acids is 1. The van der Waals surface area contributed by atoms with Gasteiger partial charge < -0.3 is 5.73 Å². The lowest BCUT2D eigenvalue weighted by molar-refractivity contribution is 0.0958. The highest BCUT2D eigenvalue weighted by Crippen LogP contribution is 2.31. The van der Waals surface area contributed by atoms with E-state index in [2.05, 4.69) is 20.5 Å². The van der Waals surface area contributed by atoms with Crippen LogP contribution in [0.5, 0.6) is 0 Å². The zero-order valence-electron chi connectivity index (χ0n) is 12.1. The number of hydrogen-bond donors (Lipinski definition) is 2. The molecule has 1 aromatic carbocycles. The van der Waals surface area contributed by atoms with Gasteiger partial charge in [0.2, 0.25) is 0 Å². The van der Waals surface area contributed by atoms with Gasteiger partial charge in [0.05, 0.1) is 16.5 Å². The fraction of sp³-hybridized carbons (Fsp3) is 0.0667. The number of nitrogens with one attached hydrogen (secondary N) is 1. The van der Waals surface area contributed by atoms with Crippen LogP contribution in [-0.4, -0.2) is 22.1 Å². The number of rotatable bonds is 3. The topological polar surface area (TPSA) is 93.3 Å². The van der Waals surface area contributed by atoms with Crippen molar-refractivity contribution in [1.82, 2.24) is 15.4 Å². The van der Waals surface area contributed by atoms with E-state index in [4.69, 9.17) is 5.73 Å². The van der Waals surface area contributed by atoms with E-state index in [9.17, 15) is 9.18 Å². The van der Waals surface area contributed by atoms with Crippen molar-refractivity contribution in [3.63, 3.8) is 0 Å². The van der Waals surface area contributed by atoms with E-state index < -0.39 is 0 Å². The van der Waals surface area contributed by atoms with Gasteiger partial charge in [-0.1, -0.05) is 12.1 Å². The quantitative estimate of drug-likeness (QED) is 0.570. The van der Waals surface area contributed by atoms with Gasteiger partial charge in [-0.15, -0.1) is 11.3 Å². The summed E-state index contributed by atoms with van der Waals surface area (Å²) in [5.74, 6) is -0.341. The number of hydrazone groups is 1.